The zero-order valence-electron chi connectivity index (χ0n) is 15.4. The van der Waals surface area contributed by atoms with E-state index in [1.807, 2.05) is 38.7 Å². The first-order valence-corrected chi connectivity index (χ1v) is 9.88. The minimum absolute atomic E-state index is 0.0836. The maximum Gasteiger partial charge on any atom is 0.311 e. The molecule has 1 aromatic rings. The highest BCUT2D eigenvalue weighted by Gasteiger charge is 2.22. The Balaban J connectivity index is 3.01. The Morgan fingerprint density at radius 1 is 1.17 bits per heavy atom. The molecule has 0 fully saturated rings. The highest BCUT2D eigenvalue weighted by atomic mass is 32.2. The van der Waals surface area contributed by atoms with Crippen molar-refractivity contribution < 1.29 is 17.4 Å². The Morgan fingerprint density at radius 3 is 2.29 bits per heavy atom. The minimum atomic E-state index is -3.63. The average Bonchev–Trinajstić information content (AvgIpc) is 2.50. The third-order valence-electron chi connectivity index (χ3n) is 3.94. The van der Waals surface area contributed by atoms with Gasteiger partial charge in [-0.05, 0) is 44.9 Å². The summed E-state index contributed by atoms with van der Waals surface area (Å²) in [6, 6.07) is 7.03. The van der Waals surface area contributed by atoms with Crippen molar-refractivity contribution in [3.8, 4) is 5.75 Å². The fourth-order valence-electron chi connectivity index (χ4n) is 2.13. The van der Waals surface area contributed by atoms with Gasteiger partial charge in [0.2, 0.25) is 5.91 Å². The van der Waals surface area contributed by atoms with Crippen LogP contribution >= 0.6 is 0 Å². The molecule has 6 heteroatoms. The molecule has 0 aliphatic heterocycles. The van der Waals surface area contributed by atoms with Crippen molar-refractivity contribution in [3.63, 3.8) is 0 Å². The zero-order valence-corrected chi connectivity index (χ0v) is 16.3. The number of carbonyl (C=O) groups is 1. The molecule has 0 bridgehead atoms. The Labute approximate surface area is 146 Å². The highest BCUT2D eigenvalue weighted by molar-refractivity contribution is 7.87. The van der Waals surface area contributed by atoms with Gasteiger partial charge in [-0.25, -0.2) is 0 Å². The molecule has 0 heterocycles. The van der Waals surface area contributed by atoms with Crippen molar-refractivity contribution in [1.29, 1.82) is 0 Å². The van der Waals surface area contributed by atoms with Gasteiger partial charge in [-0.15, -0.1) is 0 Å². The summed E-state index contributed by atoms with van der Waals surface area (Å²) < 4.78 is 28.9. The van der Waals surface area contributed by atoms with E-state index in [2.05, 4.69) is 0 Å². The summed E-state index contributed by atoms with van der Waals surface area (Å²) in [5.41, 5.74) is 0.848. The molecule has 0 N–H and O–H groups in total. The molecule has 1 atom stereocenters. The van der Waals surface area contributed by atoms with Crippen LogP contribution in [-0.2, 0) is 21.5 Å². The van der Waals surface area contributed by atoms with Gasteiger partial charge in [-0.1, -0.05) is 32.9 Å². The van der Waals surface area contributed by atoms with Crippen LogP contribution in [0.25, 0.3) is 0 Å². The molecule has 5 nitrogen and oxygen atoms in total. The number of nitrogens with zero attached hydrogens (tertiary/aromatic N) is 1. The summed E-state index contributed by atoms with van der Waals surface area (Å²) in [5.74, 6) is 0.285. The van der Waals surface area contributed by atoms with Gasteiger partial charge in [0.05, 0.1) is 5.25 Å². The van der Waals surface area contributed by atoms with Crippen LogP contribution in [0, 0.1) is 5.92 Å². The summed E-state index contributed by atoms with van der Waals surface area (Å²) in [6.07, 6.45) is 0.858. The van der Waals surface area contributed by atoms with E-state index >= 15 is 0 Å². The molecule has 0 spiro atoms. The Kier molecular flexibility index (Phi) is 7.27. The van der Waals surface area contributed by atoms with Crippen LogP contribution in [0.15, 0.2) is 24.3 Å². The molecule has 0 radical (unpaired) electrons. The summed E-state index contributed by atoms with van der Waals surface area (Å²) >= 11 is 0. The number of amides is 1. The first-order valence-electron chi connectivity index (χ1n) is 8.41. The summed E-state index contributed by atoms with van der Waals surface area (Å²) in [6.45, 7) is 11.4. The van der Waals surface area contributed by atoms with Gasteiger partial charge in [0.1, 0.15) is 5.75 Å². The molecule has 0 saturated heterocycles. The smallest absolute Gasteiger partial charge is 0.311 e. The molecule has 0 unspecified atom stereocenters. The second kappa shape index (κ2) is 8.51. The summed E-state index contributed by atoms with van der Waals surface area (Å²) in [4.78, 5) is 14.3. The van der Waals surface area contributed by atoms with Gasteiger partial charge >= 0.3 is 10.1 Å². The SMILES string of the molecule is CC[C@@H](C)N(Cc1cccc(OS(=O)(=O)C(C)C)c1)C(=O)C(C)C. The van der Waals surface area contributed by atoms with E-state index in [1.54, 1.807) is 32.0 Å². The van der Waals surface area contributed by atoms with Crippen molar-refractivity contribution >= 4 is 16.0 Å². The van der Waals surface area contributed by atoms with Gasteiger partial charge in [-0.2, -0.15) is 8.42 Å². The van der Waals surface area contributed by atoms with Crippen LogP contribution in [0.1, 0.15) is 53.5 Å². The van der Waals surface area contributed by atoms with Gasteiger partial charge in [0.15, 0.2) is 0 Å². The summed E-state index contributed by atoms with van der Waals surface area (Å²) in [5, 5.41) is -0.611. The molecule has 1 rings (SSSR count). The van der Waals surface area contributed by atoms with Crippen molar-refractivity contribution in [2.75, 3.05) is 0 Å². The first kappa shape index (κ1) is 20.5. The van der Waals surface area contributed by atoms with Crippen LogP contribution in [-0.4, -0.2) is 30.5 Å². The van der Waals surface area contributed by atoms with E-state index in [0.717, 1.165) is 12.0 Å². The number of hydrogen-bond acceptors (Lipinski definition) is 4. The second-order valence-electron chi connectivity index (χ2n) is 6.65. The fourth-order valence-corrected chi connectivity index (χ4v) is 2.69. The van der Waals surface area contributed by atoms with Crippen LogP contribution in [0.4, 0.5) is 0 Å². The number of benzene rings is 1. The maximum absolute atomic E-state index is 12.4. The van der Waals surface area contributed by atoms with Crippen LogP contribution in [0.5, 0.6) is 5.75 Å². The van der Waals surface area contributed by atoms with Crippen molar-refractivity contribution in [3.05, 3.63) is 29.8 Å². The standard InChI is InChI=1S/C18H29NO4S/c1-7-15(6)19(18(20)13(2)3)12-16-9-8-10-17(11-16)23-24(21,22)14(4)5/h8-11,13-15H,7,12H2,1-6H3/t15-/m1/s1. The van der Waals surface area contributed by atoms with Crippen LogP contribution < -0.4 is 4.18 Å². The molecular weight excluding hydrogens is 326 g/mol. The van der Waals surface area contributed by atoms with E-state index in [-0.39, 0.29) is 23.6 Å². The van der Waals surface area contributed by atoms with Crippen molar-refractivity contribution in [2.45, 2.75) is 65.8 Å². The molecule has 0 aromatic heterocycles. The van der Waals surface area contributed by atoms with Gasteiger partial charge in [0.25, 0.3) is 0 Å². The zero-order chi connectivity index (χ0) is 18.5. The number of rotatable bonds is 8. The van der Waals surface area contributed by atoms with Gasteiger partial charge in [-0.3, -0.25) is 4.79 Å². The van der Waals surface area contributed by atoms with E-state index in [0.29, 0.717) is 6.54 Å². The lowest BCUT2D eigenvalue weighted by molar-refractivity contribution is -0.137. The highest BCUT2D eigenvalue weighted by Crippen LogP contribution is 2.20. The van der Waals surface area contributed by atoms with E-state index in [9.17, 15) is 13.2 Å². The topological polar surface area (TPSA) is 63.7 Å². The first-order chi connectivity index (χ1) is 11.1. The molecule has 136 valence electrons. The van der Waals surface area contributed by atoms with Crippen LogP contribution in [0.3, 0.4) is 0 Å². The van der Waals surface area contributed by atoms with E-state index in [1.165, 1.54) is 0 Å². The van der Waals surface area contributed by atoms with E-state index < -0.39 is 15.4 Å². The molecule has 0 aliphatic carbocycles. The Hall–Kier alpha value is -1.56. The average molecular weight is 356 g/mol. The van der Waals surface area contributed by atoms with Gasteiger partial charge in [0, 0.05) is 18.5 Å². The lowest BCUT2D eigenvalue weighted by Crippen LogP contribution is -2.40. The summed E-state index contributed by atoms with van der Waals surface area (Å²) in [7, 11) is -3.63. The lowest BCUT2D eigenvalue weighted by atomic mass is 10.1. The predicted octanol–water partition coefficient (Wildman–Crippen LogP) is 3.59. The van der Waals surface area contributed by atoms with Crippen molar-refractivity contribution in [1.82, 2.24) is 4.90 Å². The Bertz CT molecular complexity index is 653. The van der Waals surface area contributed by atoms with Gasteiger partial charge < -0.3 is 9.08 Å². The van der Waals surface area contributed by atoms with Crippen LogP contribution in [0.2, 0.25) is 0 Å². The minimum Gasteiger partial charge on any atom is -0.382 e. The molecule has 1 aromatic carbocycles. The molecular formula is C18H29NO4S. The third-order valence-corrected chi connectivity index (χ3v) is 5.52. The Morgan fingerprint density at radius 2 is 1.79 bits per heavy atom. The number of hydrogen-bond donors (Lipinski definition) is 0. The monoisotopic (exact) mass is 355 g/mol. The maximum atomic E-state index is 12.4. The lowest BCUT2D eigenvalue weighted by Gasteiger charge is -2.30. The normalized spacial score (nSPS) is 13.2. The second-order valence-corrected chi connectivity index (χ2v) is 8.75. The predicted molar refractivity (Wildman–Crippen MR) is 96.3 cm³/mol. The van der Waals surface area contributed by atoms with Crippen molar-refractivity contribution in [2.24, 2.45) is 5.92 Å². The molecule has 0 aliphatic rings. The van der Waals surface area contributed by atoms with E-state index in [4.69, 9.17) is 4.18 Å². The number of carbonyl (C=O) groups excluding carboxylic acids is 1. The molecule has 0 saturated carbocycles. The quantitative estimate of drug-likeness (QED) is 0.669. The molecule has 24 heavy (non-hydrogen) atoms. The third kappa shape index (κ3) is 5.51. The molecule has 1 amide bonds. The fraction of sp³-hybridized carbons (Fsp3) is 0.611. The largest absolute Gasteiger partial charge is 0.382 e.